The highest BCUT2D eigenvalue weighted by atomic mass is 35.5. The Bertz CT molecular complexity index is 473. The van der Waals surface area contributed by atoms with Crippen LogP contribution in [0, 0.1) is 5.92 Å². The monoisotopic (exact) mass is 382 g/mol. The fourth-order valence-electron chi connectivity index (χ4n) is 1.90. The highest BCUT2D eigenvalue weighted by Crippen LogP contribution is 2.42. The zero-order valence-electron chi connectivity index (χ0n) is 13.4. The quantitative estimate of drug-likeness (QED) is 0.441. The average molecular weight is 383 g/mol. The summed E-state index contributed by atoms with van der Waals surface area (Å²) in [6.45, 7) is 4.00. The summed E-state index contributed by atoms with van der Waals surface area (Å²) < 4.78 is 25.0. The van der Waals surface area contributed by atoms with Crippen molar-refractivity contribution in [2.24, 2.45) is 11.4 Å². The van der Waals surface area contributed by atoms with E-state index in [-0.39, 0.29) is 12.5 Å². The van der Waals surface area contributed by atoms with Crippen LogP contribution in [0.5, 0.6) is 0 Å². The van der Waals surface area contributed by atoms with Crippen molar-refractivity contribution in [3.8, 4) is 0 Å². The molecule has 0 bridgehead atoms. The van der Waals surface area contributed by atoms with E-state index in [0.717, 1.165) is 5.56 Å². The molecule has 132 valence electrons. The molecule has 2 atom stereocenters. The van der Waals surface area contributed by atoms with Gasteiger partial charge in [0, 0.05) is 30.8 Å². The van der Waals surface area contributed by atoms with Gasteiger partial charge in [0.05, 0.1) is 19.8 Å². The molecular formula is C15H25Cl2N2O3P. The Labute approximate surface area is 148 Å². The second-order valence-electron chi connectivity index (χ2n) is 5.30. The maximum atomic E-state index is 12.4. The molecule has 0 amide bonds. The molecule has 0 spiro atoms. The lowest BCUT2D eigenvalue weighted by atomic mass is 10.2. The molecule has 8 heteroatoms. The minimum Gasteiger partial charge on any atom is -0.376 e. The van der Waals surface area contributed by atoms with E-state index in [0.29, 0.717) is 38.1 Å². The van der Waals surface area contributed by atoms with E-state index < -0.39 is 7.67 Å². The van der Waals surface area contributed by atoms with Gasteiger partial charge in [-0.15, -0.1) is 23.2 Å². The molecule has 23 heavy (non-hydrogen) atoms. The minimum absolute atomic E-state index is 0.0736. The Morgan fingerprint density at radius 1 is 1.17 bits per heavy atom. The molecule has 0 fully saturated rings. The summed E-state index contributed by atoms with van der Waals surface area (Å²) in [6.07, 6.45) is 0. The van der Waals surface area contributed by atoms with E-state index in [9.17, 15) is 4.57 Å². The third kappa shape index (κ3) is 8.50. The van der Waals surface area contributed by atoms with Crippen molar-refractivity contribution in [1.29, 1.82) is 0 Å². The summed E-state index contributed by atoms with van der Waals surface area (Å²) in [5, 5.41) is 0. The van der Waals surface area contributed by atoms with Crippen LogP contribution in [-0.2, 0) is 20.4 Å². The molecule has 5 nitrogen and oxygen atoms in total. The molecule has 0 radical (unpaired) electrons. The Morgan fingerprint density at radius 2 is 1.78 bits per heavy atom. The van der Waals surface area contributed by atoms with Crippen molar-refractivity contribution in [3.05, 3.63) is 35.9 Å². The zero-order chi connectivity index (χ0) is 17.1. The number of hydrogen-bond donors (Lipinski definition) is 1. The van der Waals surface area contributed by atoms with E-state index in [4.69, 9.17) is 38.0 Å². The molecule has 0 saturated carbocycles. The lowest BCUT2D eigenvalue weighted by Gasteiger charge is -2.27. The van der Waals surface area contributed by atoms with Gasteiger partial charge in [0.25, 0.3) is 0 Å². The van der Waals surface area contributed by atoms with Gasteiger partial charge in [0.1, 0.15) is 0 Å². The van der Waals surface area contributed by atoms with E-state index >= 15 is 0 Å². The fraction of sp³-hybridized carbons (Fsp3) is 0.600. The first-order valence-corrected chi connectivity index (χ1v) is 10.2. The number of ether oxygens (including phenoxy) is 1. The molecule has 0 aliphatic carbocycles. The minimum atomic E-state index is -3.37. The summed E-state index contributed by atoms with van der Waals surface area (Å²) in [5.74, 6) is 0.707. The van der Waals surface area contributed by atoms with E-state index in [2.05, 4.69) is 0 Å². The van der Waals surface area contributed by atoms with Gasteiger partial charge in [-0.2, -0.15) is 0 Å². The molecule has 1 aromatic rings. The molecule has 0 heterocycles. The first kappa shape index (κ1) is 20.9. The normalized spacial score (nSPS) is 15.5. The van der Waals surface area contributed by atoms with Crippen LogP contribution in [0.1, 0.15) is 12.5 Å². The van der Waals surface area contributed by atoms with Gasteiger partial charge in [-0.25, -0.2) is 10.2 Å². The lowest BCUT2D eigenvalue weighted by molar-refractivity contribution is 0.0727. The third-order valence-electron chi connectivity index (χ3n) is 3.14. The highest BCUT2D eigenvalue weighted by molar-refractivity contribution is 7.53. The summed E-state index contributed by atoms with van der Waals surface area (Å²) in [6, 6.07) is 9.92. The van der Waals surface area contributed by atoms with Crippen LogP contribution in [0.4, 0.5) is 0 Å². The molecule has 2 unspecified atom stereocenters. The molecule has 2 N–H and O–H groups in total. The molecule has 1 aromatic carbocycles. The molecule has 0 aromatic heterocycles. The second kappa shape index (κ2) is 11.4. The van der Waals surface area contributed by atoms with Gasteiger partial charge in [-0.3, -0.25) is 4.57 Å². The topological polar surface area (TPSA) is 64.8 Å². The largest absolute Gasteiger partial charge is 0.376 e. The van der Waals surface area contributed by atoms with Crippen molar-refractivity contribution in [2.45, 2.75) is 13.5 Å². The van der Waals surface area contributed by atoms with Crippen LogP contribution in [0.25, 0.3) is 0 Å². The van der Waals surface area contributed by atoms with Gasteiger partial charge >= 0.3 is 7.67 Å². The average Bonchev–Trinajstić information content (AvgIpc) is 2.54. The predicted molar refractivity (Wildman–Crippen MR) is 96.0 cm³/mol. The zero-order valence-corrected chi connectivity index (χ0v) is 15.8. The van der Waals surface area contributed by atoms with E-state index in [1.165, 1.54) is 4.67 Å². The van der Waals surface area contributed by atoms with Gasteiger partial charge in [-0.05, 0) is 5.56 Å². The van der Waals surface area contributed by atoms with Crippen molar-refractivity contribution in [1.82, 2.24) is 4.67 Å². The number of halogens is 2. The molecule has 1 rings (SSSR count). The first-order valence-electron chi connectivity index (χ1n) is 7.51. The molecule has 0 saturated heterocycles. The number of benzene rings is 1. The van der Waals surface area contributed by atoms with Crippen LogP contribution >= 0.6 is 30.9 Å². The summed E-state index contributed by atoms with van der Waals surface area (Å²) >= 11 is 11.4. The van der Waals surface area contributed by atoms with E-state index in [1.54, 1.807) is 0 Å². The Morgan fingerprint density at radius 3 is 2.35 bits per heavy atom. The van der Waals surface area contributed by atoms with Crippen LogP contribution in [0.15, 0.2) is 30.3 Å². The van der Waals surface area contributed by atoms with Crippen molar-refractivity contribution >= 4 is 30.9 Å². The highest BCUT2D eigenvalue weighted by Gasteiger charge is 2.27. The second-order valence-corrected chi connectivity index (χ2v) is 8.01. The van der Waals surface area contributed by atoms with Crippen LogP contribution in [0.3, 0.4) is 0 Å². The van der Waals surface area contributed by atoms with Gasteiger partial charge in [0.2, 0.25) is 0 Å². The van der Waals surface area contributed by atoms with Gasteiger partial charge < -0.3 is 9.26 Å². The molecule has 0 aliphatic heterocycles. The van der Waals surface area contributed by atoms with Crippen LogP contribution in [0.2, 0.25) is 0 Å². The number of rotatable bonds is 12. The Balaban J connectivity index is 2.32. The summed E-state index contributed by atoms with van der Waals surface area (Å²) in [7, 11) is -3.37. The summed E-state index contributed by atoms with van der Waals surface area (Å²) in [4.78, 5) is 0. The molecular weight excluding hydrogens is 358 g/mol. The van der Waals surface area contributed by atoms with Crippen molar-refractivity contribution in [3.63, 3.8) is 0 Å². The number of alkyl halides is 2. The van der Waals surface area contributed by atoms with Gasteiger partial charge in [-0.1, -0.05) is 37.3 Å². The fourth-order valence-corrected chi connectivity index (χ4v) is 3.93. The Kier molecular flexibility index (Phi) is 10.4. The van der Waals surface area contributed by atoms with Crippen molar-refractivity contribution < 1.29 is 13.8 Å². The Hall–Kier alpha value is -0.130. The number of nitrogens with two attached hydrogens (primary N) is 1. The smallest absolute Gasteiger partial charge is 0.340 e. The maximum Gasteiger partial charge on any atom is 0.340 e. The van der Waals surface area contributed by atoms with E-state index in [1.807, 2.05) is 37.3 Å². The number of nitrogens with zero attached hydrogens (tertiary/aromatic N) is 1. The lowest BCUT2D eigenvalue weighted by Crippen LogP contribution is -2.30. The number of hydrogen-bond acceptors (Lipinski definition) is 3. The predicted octanol–water partition coefficient (Wildman–Crippen LogP) is 3.70. The SMILES string of the molecule is CC(COCc1ccccc1)COP(N)(=O)N(CCCl)CCCl. The summed E-state index contributed by atoms with van der Waals surface area (Å²) in [5.41, 5.74) is 6.91. The first-order chi connectivity index (χ1) is 11.0. The van der Waals surface area contributed by atoms with Crippen LogP contribution in [-0.4, -0.2) is 42.7 Å². The van der Waals surface area contributed by atoms with Crippen LogP contribution < -0.4 is 5.50 Å². The molecule has 0 aliphatic rings. The third-order valence-corrected chi connectivity index (χ3v) is 5.18. The maximum absolute atomic E-state index is 12.4. The van der Waals surface area contributed by atoms with Gasteiger partial charge in [0.15, 0.2) is 0 Å². The van der Waals surface area contributed by atoms with Crippen molar-refractivity contribution in [2.75, 3.05) is 38.1 Å². The standard InChI is InChI=1S/C15H25Cl2N2O3P/c1-14(11-21-13-15-5-3-2-4-6-15)12-22-23(18,20)19(9-7-16)10-8-17/h2-6,14H,7-13H2,1H3,(H2,18,20).